The highest BCUT2D eigenvalue weighted by Crippen LogP contribution is 2.05. The lowest BCUT2D eigenvalue weighted by molar-refractivity contribution is 0.371. The van der Waals surface area contributed by atoms with Gasteiger partial charge >= 0.3 is 0 Å². The minimum atomic E-state index is 0.709. The molecule has 0 saturated carbocycles. The highest BCUT2D eigenvalue weighted by atomic mass is 32.1. The van der Waals surface area contributed by atoms with Crippen LogP contribution in [0.4, 0.5) is 0 Å². The second-order valence-corrected chi connectivity index (χ2v) is 4.43. The van der Waals surface area contributed by atoms with Gasteiger partial charge in [0.2, 0.25) is 5.89 Å². The molecule has 2 rings (SSSR count). The third kappa shape index (κ3) is 3.43. The van der Waals surface area contributed by atoms with Gasteiger partial charge in [0.05, 0.1) is 0 Å². The van der Waals surface area contributed by atoms with Gasteiger partial charge in [-0.1, -0.05) is 5.16 Å². The highest BCUT2D eigenvalue weighted by Gasteiger charge is 2.01. The fraction of sp³-hybridized carbons (Fsp3) is 0.455. The van der Waals surface area contributed by atoms with Crippen LogP contribution >= 0.6 is 11.3 Å². The fourth-order valence-corrected chi connectivity index (χ4v) is 2.10. The van der Waals surface area contributed by atoms with Crippen molar-refractivity contribution in [1.82, 2.24) is 15.5 Å². The number of aromatic nitrogens is 2. The van der Waals surface area contributed by atoms with Crippen molar-refractivity contribution < 1.29 is 4.52 Å². The Morgan fingerprint density at radius 1 is 1.50 bits per heavy atom. The zero-order valence-electron chi connectivity index (χ0n) is 9.27. The van der Waals surface area contributed by atoms with Crippen molar-refractivity contribution >= 4 is 11.3 Å². The molecule has 2 aromatic rings. The predicted octanol–water partition coefficient (Wildman–Crippen LogP) is 2.16. The smallest absolute Gasteiger partial charge is 0.226 e. The fourth-order valence-electron chi connectivity index (χ4n) is 1.43. The average Bonchev–Trinajstić information content (AvgIpc) is 2.89. The van der Waals surface area contributed by atoms with Crippen molar-refractivity contribution in [3.05, 3.63) is 34.1 Å². The van der Waals surface area contributed by atoms with E-state index in [0.29, 0.717) is 5.82 Å². The van der Waals surface area contributed by atoms with Crippen molar-refractivity contribution in [3.63, 3.8) is 0 Å². The standard InChI is InChI=1S/C11H15N3OS/c1-9-13-11(15-14-9)3-2-5-12-7-10-4-6-16-8-10/h4,6,8,12H,2-3,5,7H2,1H3. The first kappa shape index (κ1) is 11.3. The summed E-state index contributed by atoms with van der Waals surface area (Å²) in [4.78, 5) is 4.15. The van der Waals surface area contributed by atoms with Gasteiger partial charge in [0.15, 0.2) is 5.82 Å². The molecule has 0 saturated heterocycles. The Morgan fingerprint density at radius 2 is 2.44 bits per heavy atom. The van der Waals surface area contributed by atoms with E-state index in [1.807, 2.05) is 6.92 Å². The minimum Gasteiger partial charge on any atom is -0.339 e. The molecular weight excluding hydrogens is 222 g/mol. The third-order valence-electron chi connectivity index (χ3n) is 2.22. The summed E-state index contributed by atoms with van der Waals surface area (Å²) in [6.07, 6.45) is 1.86. The molecule has 5 heteroatoms. The van der Waals surface area contributed by atoms with Crippen LogP contribution in [-0.4, -0.2) is 16.7 Å². The van der Waals surface area contributed by atoms with E-state index in [4.69, 9.17) is 4.52 Å². The van der Waals surface area contributed by atoms with Crippen LogP contribution in [0.3, 0.4) is 0 Å². The normalized spacial score (nSPS) is 10.8. The van der Waals surface area contributed by atoms with Gasteiger partial charge in [-0.25, -0.2) is 0 Å². The number of rotatable bonds is 6. The Bertz CT molecular complexity index is 411. The van der Waals surface area contributed by atoms with E-state index in [-0.39, 0.29) is 0 Å². The first-order valence-corrected chi connectivity index (χ1v) is 6.30. The van der Waals surface area contributed by atoms with Gasteiger partial charge in [-0.3, -0.25) is 0 Å². The molecular formula is C11H15N3OS. The van der Waals surface area contributed by atoms with E-state index in [1.54, 1.807) is 11.3 Å². The van der Waals surface area contributed by atoms with Crippen LogP contribution in [0, 0.1) is 6.92 Å². The Balaban J connectivity index is 1.59. The Labute approximate surface area is 98.7 Å². The van der Waals surface area contributed by atoms with Gasteiger partial charge in [-0.2, -0.15) is 16.3 Å². The maximum Gasteiger partial charge on any atom is 0.226 e. The predicted molar refractivity (Wildman–Crippen MR) is 63.4 cm³/mol. The SMILES string of the molecule is Cc1noc(CCCNCc2ccsc2)n1. The van der Waals surface area contributed by atoms with E-state index in [1.165, 1.54) is 5.56 Å². The summed E-state index contributed by atoms with van der Waals surface area (Å²) in [5.41, 5.74) is 1.35. The number of hydrogen-bond donors (Lipinski definition) is 1. The molecule has 86 valence electrons. The summed E-state index contributed by atoms with van der Waals surface area (Å²) < 4.78 is 5.03. The molecule has 0 aliphatic heterocycles. The summed E-state index contributed by atoms with van der Waals surface area (Å²) >= 11 is 1.73. The molecule has 0 spiro atoms. The third-order valence-corrected chi connectivity index (χ3v) is 2.96. The molecule has 2 heterocycles. The van der Waals surface area contributed by atoms with Gasteiger partial charge in [0.1, 0.15) is 0 Å². The van der Waals surface area contributed by atoms with E-state index < -0.39 is 0 Å². The van der Waals surface area contributed by atoms with Crippen LogP contribution < -0.4 is 5.32 Å². The van der Waals surface area contributed by atoms with Crippen LogP contribution in [0.2, 0.25) is 0 Å². The molecule has 0 bridgehead atoms. The maximum atomic E-state index is 5.03. The van der Waals surface area contributed by atoms with Crippen molar-refractivity contribution in [1.29, 1.82) is 0 Å². The minimum absolute atomic E-state index is 0.709. The van der Waals surface area contributed by atoms with E-state index in [2.05, 4.69) is 32.3 Å². The lowest BCUT2D eigenvalue weighted by Crippen LogP contribution is -2.14. The number of hydrogen-bond acceptors (Lipinski definition) is 5. The average molecular weight is 237 g/mol. The number of thiophene rings is 1. The van der Waals surface area contributed by atoms with Crippen LogP contribution in [0.15, 0.2) is 21.3 Å². The molecule has 0 amide bonds. The van der Waals surface area contributed by atoms with Crippen LogP contribution in [0.25, 0.3) is 0 Å². The quantitative estimate of drug-likeness (QED) is 0.782. The summed E-state index contributed by atoms with van der Waals surface area (Å²) in [6.45, 7) is 3.74. The Morgan fingerprint density at radius 3 is 3.12 bits per heavy atom. The largest absolute Gasteiger partial charge is 0.339 e. The van der Waals surface area contributed by atoms with Crippen molar-refractivity contribution in [3.8, 4) is 0 Å². The Hall–Kier alpha value is -1.20. The summed E-state index contributed by atoms with van der Waals surface area (Å²) in [5, 5.41) is 11.4. The van der Waals surface area contributed by atoms with Gasteiger partial charge in [0.25, 0.3) is 0 Å². The van der Waals surface area contributed by atoms with Gasteiger partial charge in [-0.15, -0.1) is 0 Å². The molecule has 0 unspecified atom stereocenters. The van der Waals surface area contributed by atoms with Crippen molar-refractivity contribution in [2.75, 3.05) is 6.54 Å². The molecule has 0 aliphatic carbocycles. The topological polar surface area (TPSA) is 51.0 Å². The molecule has 4 nitrogen and oxygen atoms in total. The number of nitrogens with one attached hydrogen (secondary N) is 1. The van der Waals surface area contributed by atoms with Crippen LogP contribution in [0.1, 0.15) is 23.7 Å². The number of aryl methyl sites for hydroxylation is 2. The summed E-state index contributed by atoms with van der Waals surface area (Å²) in [6, 6.07) is 2.14. The molecule has 1 N–H and O–H groups in total. The zero-order chi connectivity index (χ0) is 11.2. The second kappa shape index (κ2) is 5.77. The lowest BCUT2D eigenvalue weighted by atomic mass is 10.3. The van der Waals surface area contributed by atoms with Crippen LogP contribution in [-0.2, 0) is 13.0 Å². The summed E-state index contributed by atoms with van der Waals surface area (Å²) in [5.74, 6) is 1.44. The van der Waals surface area contributed by atoms with Crippen LogP contribution in [0.5, 0.6) is 0 Å². The molecule has 0 atom stereocenters. The monoisotopic (exact) mass is 237 g/mol. The lowest BCUT2D eigenvalue weighted by Gasteiger charge is -2.00. The maximum absolute atomic E-state index is 5.03. The zero-order valence-corrected chi connectivity index (χ0v) is 10.1. The second-order valence-electron chi connectivity index (χ2n) is 3.65. The van der Waals surface area contributed by atoms with Gasteiger partial charge < -0.3 is 9.84 Å². The molecule has 16 heavy (non-hydrogen) atoms. The first-order chi connectivity index (χ1) is 7.84. The number of nitrogens with zero attached hydrogens (tertiary/aromatic N) is 2. The highest BCUT2D eigenvalue weighted by molar-refractivity contribution is 7.07. The van der Waals surface area contributed by atoms with E-state index in [0.717, 1.165) is 31.8 Å². The summed E-state index contributed by atoms with van der Waals surface area (Å²) in [7, 11) is 0. The van der Waals surface area contributed by atoms with E-state index in [9.17, 15) is 0 Å². The van der Waals surface area contributed by atoms with Crippen molar-refractivity contribution in [2.24, 2.45) is 0 Å². The van der Waals surface area contributed by atoms with Crippen molar-refractivity contribution in [2.45, 2.75) is 26.3 Å². The van der Waals surface area contributed by atoms with E-state index >= 15 is 0 Å². The molecule has 0 fully saturated rings. The molecule has 0 aromatic carbocycles. The Kier molecular flexibility index (Phi) is 4.07. The molecule has 2 aromatic heterocycles. The molecule has 0 aliphatic rings. The van der Waals surface area contributed by atoms with Gasteiger partial charge in [-0.05, 0) is 42.3 Å². The van der Waals surface area contributed by atoms with Gasteiger partial charge in [0, 0.05) is 13.0 Å². The first-order valence-electron chi connectivity index (χ1n) is 5.35. The molecule has 0 radical (unpaired) electrons.